The monoisotopic (exact) mass is 440 g/mol. The Morgan fingerprint density at radius 2 is 1.88 bits per heavy atom. The molecule has 0 bridgehead atoms. The molecule has 1 aliphatic heterocycles. The van der Waals surface area contributed by atoms with Crippen LogP contribution in [0, 0.1) is 0 Å². The minimum absolute atomic E-state index is 0.227. The number of anilines is 2. The molecular weight excluding hydrogens is 416 g/mol. The van der Waals surface area contributed by atoms with Gasteiger partial charge in [-0.3, -0.25) is 14.2 Å². The molecule has 32 heavy (non-hydrogen) atoms. The molecule has 2 aromatic heterocycles. The average Bonchev–Trinajstić information content (AvgIpc) is 3.45. The third-order valence-corrected chi connectivity index (χ3v) is 5.64. The summed E-state index contributed by atoms with van der Waals surface area (Å²) in [4.78, 5) is 56.6. The van der Waals surface area contributed by atoms with Gasteiger partial charge in [0.05, 0.1) is 30.4 Å². The Morgan fingerprint density at radius 1 is 1.16 bits per heavy atom. The highest BCUT2D eigenvalue weighted by molar-refractivity contribution is 5.98. The number of ether oxygens (including phenoxy) is 1. The molecule has 3 heterocycles. The first-order chi connectivity index (χ1) is 15.3. The number of rotatable bonds is 5. The van der Waals surface area contributed by atoms with Crippen LogP contribution in [-0.2, 0) is 30.2 Å². The SMILES string of the molecule is COC(=O)c1ccc(N2CCCC2)c(NC(=O)Cn2c(=O)c3c(ncn3C)n(C)c2=O)c1. The normalized spacial score (nSPS) is 13.5. The van der Waals surface area contributed by atoms with Crippen LogP contribution in [0.15, 0.2) is 34.1 Å². The first kappa shape index (κ1) is 21.3. The van der Waals surface area contributed by atoms with Crippen LogP contribution in [0.25, 0.3) is 11.2 Å². The highest BCUT2D eigenvalue weighted by Crippen LogP contribution is 2.30. The molecule has 1 N–H and O–H groups in total. The number of aryl methyl sites for hydroxylation is 2. The fourth-order valence-electron chi connectivity index (χ4n) is 3.98. The zero-order valence-corrected chi connectivity index (χ0v) is 18.1. The molecule has 168 valence electrons. The first-order valence-electron chi connectivity index (χ1n) is 10.2. The third kappa shape index (κ3) is 3.66. The lowest BCUT2D eigenvalue weighted by atomic mass is 10.1. The number of hydrogen-bond donors (Lipinski definition) is 1. The van der Waals surface area contributed by atoms with Gasteiger partial charge in [0, 0.05) is 27.2 Å². The van der Waals surface area contributed by atoms with Gasteiger partial charge >= 0.3 is 11.7 Å². The smallest absolute Gasteiger partial charge is 0.337 e. The largest absolute Gasteiger partial charge is 0.465 e. The zero-order valence-electron chi connectivity index (χ0n) is 18.1. The lowest BCUT2D eigenvalue weighted by molar-refractivity contribution is -0.116. The van der Waals surface area contributed by atoms with Crippen LogP contribution in [-0.4, -0.2) is 50.8 Å². The van der Waals surface area contributed by atoms with Crippen LogP contribution in [0.2, 0.25) is 0 Å². The van der Waals surface area contributed by atoms with Gasteiger partial charge in [0.15, 0.2) is 11.2 Å². The number of fused-ring (bicyclic) bond motifs is 1. The number of esters is 1. The molecule has 11 heteroatoms. The fourth-order valence-corrected chi connectivity index (χ4v) is 3.98. The second kappa shape index (κ2) is 8.33. The Kier molecular flexibility index (Phi) is 5.56. The molecule has 0 saturated carbocycles. The van der Waals surface area contributed by atoms with Crippen LogP contribution in [0.5, 0.6) is 0 Å². The molecule has 0 radical (unpaired) electrons. The number of imidazole rings is 1. The maximum absolute atomic E-state index is 12.9. The quantitative estimate of drug-likeness (QED) is 0.572. The summed E-state index contributed by atoms with van der Waals surface area (Å²) in [5, 5.41) is 2.77. The van der Waals surface area contributed by atoms with Gasteiger partial charge in [-0.1, -0.05) is 0 Å². The van der Waals surface area contributed by atoms with Crippen LogP contribution >= 0.6 is 0 Å². The fraction of sp³-hybridized carbons (Fsp3) is 0.381. The van der Waals surface area contributed by atoms with Crippen molar-refractivity contribution >= 4 is 34.4 Å². The number of hydrogen-bond acceptors (Lipinski definition) is 7. The van der Waals surface area contributed by atoms with E-state index < -0.39 is 29.7 Å². The molecule has 3 aromatic rings. The second-order valence-corrected chi connectivity index (χ2v) is 7.73. The maximum atomic E-state index is 12.9. The Morgan fingerprint density at radius 3 is 2.56 bits per heavy atom. The molecule has 1 saturated heterocycles. The Labute approximate surface area is 182 Å². The number of methoxy groups -OCH3 is 1. The predicted octanol–water partition coefficient (Wildman–Crippen LogP) is 0.459. The molecule has 0 aliphatic carbocycles. The molecule has 1 aromatic carbocycles. The topological polar surface area (TPSA) is 120 Å². The van der Waals surface area contributed by atoms with E-state index in [1.807, 2.05) is 0 Å². The number of amides is 1. The molecular formula is C21H24N6O5. The maximum Gasteiger partial charge on any atom is 0.337 e. The zero-order chi connectivity index (χ0) is 23.0. The summed E-state index contributed by atoms with van der Waals surface area (Å²) in [5.41, 5.74) is 0.722. The standard InChI is InChI=1S/C21H24N6O5/c1-24-12-22-18-17(24)19(29)27(21(31)25(18)2)11-16(28)23-14-10-13(20(30)32-3)6-7-15(14)26-8-4-5-9-26/h6-7,10,12H,4-5,8-9,11H2,1-3H3,(H,23,28). The van der Waals surface area contributed by atoms with Crippen molar-refractivity contribution < 1.29 is 14.3 Å². The van der Waals surface area contributed by atoms with E-state index in [2.05, 4.69) is 15.2 Å². The highest BCUT2D eigenvalue weighted by Gasteiger charge is 2.21. The number of nitrogens with zero attached hydrogens (tertiary/aromatic N) is 5. The van der Waals surface area contributed by atoms with Crippen molar-refractivity contribution in [2.24, 2.45) is 14.1 Å². The number of nitrogens with one attached hydrogen (secondary N) is 1. The summed E-state index contributed by atoms with van der Waals surface area (Å²) in [7, 11) is 4.43. The molecule has 0 atom stereocenters. The number of carbonyl (C=O) groups excluding carboxylic acids is 2. The van der Waals surface area contributed by atoms with E-state index >= 15 is 0 Å². The van der Waals surface area contributed by atoms with Gasteiger partial charge in [0.2, 0.25) is 5.91 Å². The van der Waals surface area contributed by atoms with Gasteiger partial charge in [-0.2, -0.15) is 0 Å². The van der Waals surface area contributed by atoms with E-state index in [-0.39, 0.29) is 16.7 Å². The van der Waals surface area contributed by atoms with Crippen molar-refractivity contribution in [2.75, 3.05) is 30.4 Å². The van der Waals surface area contributed by atoms with Gasteiger partial charge in [0.1, 0.15) is 6.54 Å². The van der Waals surface area contributed by atoms with Gasteiger partial charge < -0.3 is 19.5 Å². The Balaban J connectivity index is 1.69. The van der Waals surface area contributed by atoms with E-state index in [4.69, 9.17) is 4.74 Å². The van der Waals surface area contributed by atoms with Crippen LogP contribution in [0.1, 0.15) is 23.2 Å². The van der Waals surface area contributed by atoms with E-state index in [1.165, 1.54) is 29.6 Å². The third-order valence-electron chi connectivity index (χ3n) is 5.64. The van der Waals surface area contributed by atoms with E-state index in [1.54, 1.807) is 25.2 Å². The van der Waals surface area contributed by atoms with Crippen LogP contribution < -0.4 is 21.5 Å². The van der Waals surface area contributed by atoms with Crippen LogP contribution in [0.4, 0.5) is 11.4 Å². The van der Waals surface area contributed by atoms with Gasteiger partial charge in [-0.15, -0.1) is 0 Å². The summed E-state index contributed by atoms with van der Waals surface area (Å²) in [5.74, 6) is -1.09. The molecule has 4 rings (SSSR count). The molecule has 1 aliphatic rings. The molecule has 0 spiro atoms. The molecule has 1 fully saturated rings. The second-order valence-electron chi connectivity index (χ2n) is 7.73. The van der Waals surface area contributed by atoms with Crippen molar-refractivity contribution in [3.63, 3.8) is 0 Å². The number of aromatic nitrogens is 4. The summed E-state index contributed by atoms with van der Waals surface area (Å²) in [6.45, 7) is 1.18. The van der Waals surface area contributed by atoms with Crippen molar-refractivity contribution in [2.45, 2.75) is 19.4 Å². The van der Waals surface area contributed by atoms with Crippen molar-refractivity contribution in [3.05, 3.63) is 50.9 Å². The van der Waals surface area contributed by atoms with Crippen molar-refractivity contribution in [1.29, 1.82) is 0 Å². The van der Waals surface area contributed by atoms with Gasteiger partial charge in [-0.25, -0.2) is 19.1 Å². The number of carbonyl (C=O) groups is 2. The summed E-state index contributed by atoms with van der Waals surface area (Å²) < 4.78 is 8.40. The van der Waals surface area contributed by atoms with E-state index in [0.29, 0.717) is 5.69 Å². The van der Waals surface area contributed by atoms with Gasteiger partial charge in [0.25, 0.3) is 5.56 Å². The Bertz CT molecular complexity index is 1330. The number of benzene rings is 1. The Hall–Kier alpha value is -3.89. The van der Waals surface area contributed by atoms with E-state index in [9.17, 15) is 19.2 Å². The summed E-state index contributed by atoms with van der Waals surface area (Å²) >= 11 is 0. The predicted molar refractivity (Wildman–Crippen MR) is 118 cm³/mol. The molecule has 1 amide bonds. The summed E-state index contributed by atoms with van der Waals surface area (Å²) in [6.07, 6.45) is 3.50. The van der Waals surface area contributed by atoms with Gasteiger partial charge in [-0.05, 0) is 31.0 Å². The first-order valence-corrected chi connectivity index (χ1v) is 10.2. The van der Waals surface area contributed by atoms with Crippen LogP contribution in [0.3, 0.4) is 0 Å². The molecule has 0 unspecified atom stereocenters. The van der Waals surface area contributed by atoms with Crippen molar-refractivity contribution in [3.8, 4) is 0 Å². The van der Waals surface area contributed by atoms with Crippen molar-refractivity contribution in [1.82, 2.24) is 18.7 Å². The highest BCUT2D eigenvalue weighted by atomic mass is 16.5. The lowest BCUT2D eigenvalue weighted by Crippen LogP contribution is -2.42. The lowest BCUT2D eigenvalue weighted by Gasteiger charge is -2.22. The molecule has 11 nitrogen and oxygen atoms in total. The minimum atomic E-state index is -0.639. The van der Waals surface area contributed by atoms with E-state index in [0.717, 1.165) is 36.2 Å². The summed E-state index contributed by atoms with van der Waals surface area (Å²) in [6, 6.07) is 4.95. The average molecular weight is 440 g/mol. The minimum Gasteiger partial charge on any atom is -0.465 e.